The van der Waals surface area contributed by atoms with Crippen molar-refractivity contribution in [1.29, 1.82) is 0 Å². The van der Waals surface area contributed by atoms with Crippen LogP contribution in [0, 0.1) is 12.3 Å². The maximum Gasteiger partial charge on any atom is 0.433 e. The topological polar surface area (TPSA) is 75.1 Å². The Balaban J connectivity index is 1.17. The Morgan fingerprint density at radius 1 is 1.17 bits per heavy atom. The zero-order chi connectivity index (χ0) is 21.4. The fourth-order valence-corrected chi connectivity index (χ4v) is 6.81. The van der Waals surface area contributed by atoms with Gasteiger partial charge >= 0.3 is 6.18 Å². The van der Waals surface area contributed by atoms with Crippen LogP contribution in [0.2, 0.25) is 0 Å². The van der Waals surface area contributed by atoms with Crippen molar-refractivity contribution in [1.82, 2.24) is 14.2 Å². The van der Waals surface area contributed by atoms with Crippen LogP contribution in [0.4, 0.5) is 13.2 Å². The Bertz CT molecular complexity index is 1010. The highest BCUT2D eigenvalue weighted by molar-refractivity contribution is 7.89. The highest BCUT2D eigenvalue weighted by atomic mass is 32.2. The van der Waals surface area contributed by atoms with Crippen LogP contribution >= 0.6 is 0 Å². The van der Waals surface area contributed by atoms with Gasteiger partial charge in [-0.05, 0) is 38.3 Å². The van der Waals surface area contributed by atoms with E-state index in [-0.39, 0.29) is 21.6 Å². The number of aromatic nitrogens is 1. The minimum Gasteiger partial charge on any atom is -0.389 e. The molecule has 0 radical (unpaired) electrons. The average molecular weight is 444 g/mol. The summed E-state index contributed by atoms with van der Waals surface area (Å²) in [5, 5.41) is 4.23. The van der Waals surface area contributed by atoms with Gasteiger partial charge in [0.2, 0.25) is 10.0 Å². The van der Waals surface area contributed by atoms with Gasteiger partial charge in [0.1, 0.15) is 16.2 Å². The van der Waals surface area contributed by atoms with Gasteiger partial charge in [-0.25, -0.2) is 13.4 Å². The van der Waals surface area contributed by atoms with Crippen LogP contribution in [0.3, 0.4) is 0 Å². The molecule has 11 heteroatoms. The number of hydrogen-bond donors (Lipinski definition) is 0. The molecule has 0 amide bonds. The van der Waals surface area contributed by atoms with Gasteiger partial charge in [0.25, 0.3) is 0 Å². The number of alkyl halides is 3. The Labute approximate surface area is 172 Å². The third-order valence-corrected chi connectivity index (χ3v) is 8.58. The lowest BCUT2D eigenvalue weighted by Crippen LogP contribution is -2.73. The molecule has 2 saturated heterocycles. The Morgan fingerprint density at radius 3 is 2.40 bits per heavy atom. The second-order valence-corrected chi connectivity index (χ2v) is 11.1. The number of hydrogen-bond acceptors (Lipinski definition) is 6. The summed E-state index contributed by atoms with van der Waals surface area (Å²) in [5.74, 6) is 0. The molecule has 7 nitrogen and oxygen atoms in total. The predicted molar refractivity (Wildman–Crippen MR) is 101 cm³/mol. The van der Waals surface area contributed by atoms with Crippen molar-refractivity contribution in [3.8, 4) is 0 Å². The van der Waals surface area contributed by atoms with Crippen LogP contribution < -0.4 is 0 Å². The highest BCUT2D eigenvalue weighted by Crippen LogP contribution is 2.45. The summed E-state index contributed by atoms with van der Waals surface area (Å²) < 4.78 is 65.4. The maximum absolute atomic E-state index is 12.9. The standard InChI is InChI=1S/C19H23F3N4O3S/c1-13-15(3-4-16(23-13)19(20,21)22)30(27,28)26-11-17(12-26)9-25(10-17)8-14-7-18(29-24-14)5-2-6-18/h3-4H,2,5-12H2,1H3. The zero-order valence-corrected chi connectivity index (χ0v) is 17.4. The normalized spacial score (nSPS) is 25.4. The van der Waals surface area contributed by atoms with Gasteiger partial charge in [0.05, 0.1) is 11.4 Å². The number of oxime groups is 1. The van der Waals surface area contributed by atoms with E-state index in [9.17, 15) is 21.6 Å². The fraction of sp³-hybridized carbons (Fsp3) is 0.684. The van der Waals surface area contributed by atoms with Gasteiger partial charge in [-0.15, -0.1) is 0 Å². The third-order valence-electron chi connectivity index (χ3n) is 6.65. The van der Waals surface area contributed by atoms with E-state index in [2.05, 4.69) is 15.0 Å². The molecule has 0 N–H and O–H groups in total. The van der Waals surface area contributed by atoms with E-state index in [0.29, 0.717) is 13.1 Å². The Hall–Kier alpha value is -1.72. The molecule has 1 aliphatic carbocycles. The van der Waals surface area contributed by atoms with Crippen LogP contribution in [-0.2, 0) is 21.0 Å². The summed E-state index contributed by atoms with van der Waals surface area (Å²) in [5.41, 5.74) is -0.289. The summed E-state index contributed by atoms with van der Waals surface area (Å²) in [7, 11) is -3.85. The third kappa shape index (κ3) is 3.21. The number of nitrogens with zero attached hydrogens (tertiary/aromatic N) is 4. The monoisotopic (exact) mass is 444 g/mol. The second-order valence-electron chi connectivity index (χ2n) is 9.16. The molecule has 0 bridgehead atoms. The van der Waals surface area contributed by atoms with Gasteiger partial charge < -0.3 is 4.84 Å². The molecule has 3 aliphatic heterocycles. The number of pyridine rings is 1. The first-order valence-corrected chi connectivity index (χ1v) is 11.5. The number of aryl methyl sites for hydroxylation is 1. The summed E-state index contributed by atoms with van der Waals surface area (Å²) >= 11 is 0. The Kier molecular flexibility index (Phi) is 4.31. The highest BCUT2D eigenvalue weighted by Gasteiger charge is 2.56. The number of rotatable bonds is 4. The van der Waals surface area contributed by atoms with Crippen molar-refractivity contribution < 1.29 is 26.4 Å². The van der Waals surface area contributed by atoms with E-state index in [1.165, 1.54) is 17.6 Å². The van der Waals surface area contributed by atoms with Crippen molar-refractivity contribution in [2.45, 2.75) is 49.3 Å². The van der Waals surface area contributed by atoms with E-state index < -0.39 is 21.9 Å². The van der Waals surface area contributed by atoms with Gasteiger partial charge in [-0.1, -0.05) is 5.16 Å². The molecule has 3 fully saturated rings. The first-order valence-electron chi connectivity index (χ1n) is 10.0. The first-order chi connectivity index (χ1) is 14.0. The van der Waals surface area contributed by atoms with Crippen LogP contribution in [0.1, 0.15) is 37.1 Å². The smallest absolute Gasteiger partial charge is 0.389 e. The lowest BCUT2D eigenvalue weighted by molar-refractivity contribution is -0.141. The lowest BCUT2D eigenvalue weighted by atomic mass is 9.73. The maximum atomic E-state index is 12.9. The van der Waals surface area contributed by atoms with Crippen LogP contribution in [-0.4, -0.2) is 66.6 Å². The fourth-order valence-electron chi connectivity index (χ4n) is 4.98. The SMILES string of the molecule is Cc1nc(C(F)(F)F)ccc1S(=O)(=O)N1CC2(CN(CC3=NOC4(CCC4)C3)C2)C1. The molecule has 30 heavy (non-hydrogen) atoms. The molecular formula is C19H23F3N4O3S. The van der Waals surface area contributed by atoms with E-state index in [1.54, 1.807) is 0 Å². The summed E-state index contributed by atoms with van der Waals surface area (Å²) in [6.45, 7) is 4.36. The van der Waals surface area contributed by atoms with E-state index in [4.69, 9.17) is 4.84 Å². The first kappa shape index (κ1) is 20.2. The number of likely N-dealkylation sites (tertiary alicyclic amines) is 1. The lowest BCUT2D eigenvalue weighted by Gasteiger charge is -2.59. The van der Waals surface area contributed by atoms with Crippen molar-refractivity contribution in [3.05, 3.63) is 23.5 Å². The Morgan fingerprint density at radius 2 is 1.87 bits per heavy atom. The van der Waals surface area contributed by atoms with Crippen molar-refractivity contribution in [2.75, 3.05) is 32.7 Å². The van der Waals surface area contributed by atoms with E-state index >= 15 is 0 Å². The molecule has 4 aliphatic rings. The van der Waals surface area contributed by atoms with Crippen LogP contribution in [0.15, 0.2) is 22.2 Å². The largest absolute Gasteiger partial charge is 0.433 e. The molecule has 5 rings (SSSR count). The molecule has 164 valence electrons. The van der Waals surface area contributed by atoms with Crippen LogP contribution in [0.25, 0.3) is 0 Å². The van der Waals surface area contributed by atoms with Gasteiger partial charge in [-0.2, -0.15) is 17.5 Å². The average Bonchev–Trinajstić information content (AvgIpc) is 2.99. The second kappa shape index (κ2) is 6.39. The molecular weight excluding hydrogens is 421 g/mol. The quantitative estimate of drug-likeness (QED) is 0.713. The molecule has 1 aromatic heterocycles. The van der Waals surface area contributed by atoms with Gasteiger partial charge in [0, 0.05) is 44.6 Å². The minimum atomic E-state index is -4.60. The van der Waals surface area contributed by atoms with Crippen molar-refractivity contribution in [2.24, 2.45) is 10.6 Å². The predicted octanol–water partition coefficient (Wildman–Crippen LogP) is 2.41. The zero-order valence-electron chi connectivity index (χ0n) is 16.6. The van der Waals surface area contributed by atoms with Gasteiger partial charge in [-0.3, -0.25) is 4.90 Å². The molecule has 0 unspecified atom stereocenters. The molecule has 0 atom stereocenters. The molecule has 1 aromatic rings. The number of sulfonamides is 1. The van der Waals surface area contributed by atoms with Gasteiger partial charge in [0.15, 0.2) is 0 Å². The van der Waals surface area contributed by atoms with E-state index in [1.807, 2.05) is 0 Å². The van der Waals surface area contributed by atoms with Crippen LogP contribution in [0.5, 0.6) is 0 Å². The molecule has 4 heterocycles. The molecule has 0 aromatic carbocycles. The number of halogens is 3. The van der Waals surface area contributed by atoms with E-state index in [0.717, 1.165) is 56.7 Å². The summed E-state index contributed by atoms with van der Waals surface area (Å²) in [6, 6.07) is 1.73. The minimum absolute atomic E-state index is 0.0488. The summed E-state index contributed by atoms with van der Waals surface area (Å²) in [4.78, 5) is 11.1. The van der Waals surface area contributed by atoms with Crippen molar-refractivity contribution >= 4 is 15.7 Å². The summed E-state index contributed by atoms with van der Waals surface area (Å²) in [6.07, 6.45) is -0.398. The van der Waals surface area contributed by atoms with Crippen molar-refractivity contribution in [3.63, 3.8) is 0 Å². The molecule has 2 spiro atoms. The molecule has 1 saturated carbocycles.